The molecule has 7 nitrogen and oxygen atoms in total. The monoisotopic (exact) mass is 300 g/mol. The van der Waals surface area contributed by atoms with Gasteiger partial charge in [0.2, 0.25) is 0 Å². The number of hydrogen-bond acceptors (Lipinski definition) is 5. The Kier molecular flexibility index (Phi) is 4.04. The minimum atomic E-state index is -0.145. The van der Waals surface area contributed by atoms with Crippen molar-refractivity contribution in [2.75, 3.05) is 18.8 Å². The van der Waals surface area contributed by atoms with Crippen molar-refractivity contribution in [1.29, 1.82) is 0 Å². The van der Waals surface area contributed by atoms with E-state index in [0.29, 0.717) is 6.54 Å². The molecular formula is C15H20N6O. The number of piperidine rings is 1. The van der Waals surface area contributed by atoms with E-state index in [0.717, 1.165) is 31.6 Å². The van der Waals surface area contributed by atoms with Crippen molar-refractivity contribution in [3.63, 3.8) is 0 Å². The number of hydrogen-bond donors (Lipinski definition) is 1. The van der Waals surface area contributed by atoms with Crippen LogP contribution in [0.5, 0.6) is 0 Å². The maximum Gasteiger partial charge on any atom is 0.276 e. The molecule has 116 valence electrons. The molecule has 1 saturated heterocycles. The van der Waals surface area contributed by atoms with Crippen molar-refractivity contribution < 1.29 is 4.79 Å². The number of nitrogens with two attached hydrogens (primary N) is 1. The fourth-order valence-electron chi connectivity index (χ4n) is 2.98. The van der Waals surface area contributed by atoms with Crippen molar-refractivity contribution in [3.05, 3.63) is 36.3 Å². The molecule has 3 heterocycles. The highest BCUT2D eigenvalue weighted by molar-refractivity contribution is 5.96. The number of aromatic nitrogens is 4. The number of carbonyl (C=O) groups is 1. The van der Waals surface area contributed by atoms with Gasteiger partial charge in [-0.05, 0) is 12.8 Å². The number of aryl methyl sites for hydroxylation is 1. The molecule has 2 aromatic heterocycles. The summed E-state index contributed by atoms with van der Waals surface area (Å²) < 4.78 is 2.18. The number of rotatable bonds is 3. The van der Waals surface area contributed by atoms with Gasteiger partial charge in [-0.25, -0.2) is 15.0 Å². The predicted octanol–water partition coefficient (Wildman–Crippen LogP) is 1.29. The summed E-state index contributed by atoms with van der Waals surface area (Å²) in [6.07, 6.45) is 9.68. The maximum atomic E-state index is 12.6. The molecule has 1 aliphatic rings. The third-order valence-corrected chi connectivity index (χ3v) is 4.07. The van der Waals surface area contributed by atoms with Crippen LogP contribution in [0.3, 0.4) is 0 Å². The summed E-state index contributed by atoms with van der Waals surface area (Å²) >= 11 is 0. The van der Waals surface area contributed by atoms with E-state index in [4.69, 9.17) is 5.73 Å². The van der Waals surface area contributed by atoms with E-state index < -0.39 is 0 Å². The average Bonchev–Trinajstić information content (AvgIpc) is 3.03. The van der Waals surface area contributed by atoms with Crippen molar-refractivity contribution in [2.45, 2.75) is 32.2 Å². The second-order valence-corrected chi connectivity index (χ2v) is 5.44. The molecule has 0 bridgehead atoms. The van der Waals surface area contributed by atoms with Gasteiger partial charge in [0.05, 0.1) is 6.04 Å². The van der Waals surface area contributed by atoms with E-state index in [1.807, 2.05) is 17.3 Å². The summed E-state index contributed by atoms with van der Waals surface area (Å²) in [5, 5.41) is 0. The topological polar surface area (TPSA) is 89.9 Å². The number of likely N-dealkylation sites (tertiary alicyclic amines) is 1. The molecule has 2 N–H and O–H groups in total. The van der Waals surface area contributed by atoms with Gasteiger partial charge in [0, 0.05) is 44.3 Å². The Hall–Kier alpha value is -2.44. The van der Waals surface area contributed by atoms with Crippen LogP contribution in [0.2, 0.25) is 0 Å². The molecule has 0 aromatic carbocycles. The zero-order valence-corrected chi connectivity index (χ0v) is 12.6. The minimum absolute atomic E-state index is 0.145. The highest BCUT2D eigenvalue weighted by Gasteiger charge is 2.28. The van der Waals surface area contributed by atoms with Crippen LogP contribution in [-0.4, -0.2) is 43.4 Å². The minimum Gasteiger partial charge on any atom is -0.382 e. The quantitative estimate of drug-likeness (QED) is 0.922. The number of nitrogens with zero attached hydrogens (tertiary/aromatic N) is 5. The Morgan fingerprint density at radius 3 is 2.91 bits per heavy atom. The third kappa shape index (κ3) is 2.66. The number of anilines is 1. The van der Waals surface area contributed by atoms with Gasteiger partial charge in [-0.3, -0.25) is 4.79 Å². The van der Waals surface area contributed by atoms with Crippen LogP contribution in [-0.2, 0) is 6.42 Å². The Bertz CT molecular complexity index is 668. The largest absolute Gasteiger partial charge is 0.382 e. The van der Waals surface area contributed by atoms with Crippen LogP contribution < -0.4 is 5.73 Å². The molecular weight excluding hydrogens is 280 g/mol. The van der Waals surface area contributed by atoms with Crippen LogP contribution in [0.4, 0.5) is 5.82 Å². The Morgan fingerprint density at radius 2 is 2.14 bits per heavy atom. The Balaban J connectivity index is 1.79. The lowest BCUT2D eigenvalue weighted by Gasteiger charge is -2.34. The van der Waals surface area contributed by atoms with Crippen LogP contribution in [0.1, 0.15) is 42.1 Å². The van der Waals surface area contributed by atoms with Crippen molar-refractivity contribution in [2.24, 2.45) is 0 Å². The molecule has 1 aliphatic heterocycles. The number of nitrogen functional groups attached to an aromatic ring is 1. The highest BCUT2D eigenvalue weighted by Crippen LogP contribution is 2.24. The lowest BCUT2D eigenvalue weighted by atomic mass is 10.0. The van der Waals surface area contributed by atoms with Gasteiger partial charge in [0.1, 0.15) is 5.82 Å². The second kappa shape index (κ2) is 6.13. The summed E-state index contributed by atoms with van der Waals surface area (Å²) in [4.78, 5) is 26.8. The fourth-order valence-corrected chi connectivity index (χ4v) is 2.98. The van der Waals surface area contributed by atoms with Gasteiger partial charge in [-0.2, -0.15) is 0 Å². The summed E-state index contributed by atoms with van der Waals surface area (Å²) in [6.45, 7) is 3.46. The normalized spacial score (nSPS) is 18.4. The second-order valence-electron chi connectivity index (χ2n) is 5.44. The zero-order valence-electron chi connectivity index (χ0n) is 12.6. The molecule has 0 aliphatic carbocycles. The molecule has 1 atom stereocenters. The highest BCUT2D eigenvalue weighted by atomic mass is 16.2. The van der Waals surface area contributed by atoms with Crippen molar-refractivity contribution in [1.82, 2.24) is 24.4 Å². The van der Waals surface area contributed by atoms with Crippen molar-refractivity contribution >= 4 is 11.7 Å². The molecule has 0 spiro atoms. The number of imidazole rings is 1. The van der Waals surface area contributed by atoms with Gasteiger partial charge < -0.3 is 15.2 Å². The fraction of sp³-hybridized carbons (Fsp3) is 0.467. The Labute approximate surface area is 129 Å². The van der Waals surface area contributed by atoms with Crippen LogP contribution >= 0.6 is 0 Å². The molecule has 1 amide bonds. The maximum absolute atomic E-state index is 12.6. The molecule has 0 saturated carbocycles. The van der Waals surface area contributed by atoms with Crippen LogP contribution in [0.25, 0.3) is 0 Å². The van der Waals surface area contributed by atoms with E-state index in [9.17, 15) is 4.79 Å². The van der Waals surface area contributed by atoms with E-state index in [-0.39, 0.29) is 23.5 Å². The molecule has 0 radical (unpaired) electrons. The van der Waals surface area contributed by atoms with E-state index >= 15 is 0 Å². The van der Waals surface area contributed by atoms with Gasteiger partial charge in [0.25, 0.3) is 5.91 Å². The molecule has 3 rings (SSSR count). The van der Waals surface area contributed by atoms with Crippen molar-refractivity contribution in [3.8, 4) is 0 Å². The first-order chi connectivity index (χ1) is 10.7. The lowest BCUT2D eigenvalue weighted by Crippen LogP contribution is -2.41. The molecule has 22 heavy (non-hydrogen) atoms. The predicted molar refractivity (Wildman–Crippen MR) is 82.2 cm³/mol. The number of carbonyl (C=O) groups excluding carboxylic acids is 1. The smallest absolute Gasteiger partial charge is 0.276 e. The Morgan fingerprint density at radius 1 is 1.32 bits per heavy atom. The third-order valence-electron chi connectivity index (χ3n) is 4.07. The summed E-state index contributed by atoms with van der Waals surface area (Å²) in [6, 6.07) is 0.257. The number of amides is 1. The van der Waals surface area contributed by atoms with E-state index in [1.54, 1.807) is 0 Å². The molecule has 0 unspecified atom stereocenters. The van der Waals surface area contributed by atoms with Gasteiger partial charge in [0.15, 0.2) is 11.5 Å². The first-order valence-corrected chi connectivity index (χ1v) is 7.58. The van der Waals surface area contributed by atoms with Crippen LogP contribution in [0.15, 0.2) is 24.8 Å². The lowest BCUT2D eigenvalue weighted by molar-refractivity contribution is 0.0673. The first kappa shape index (κ1) is 14.5. The molecule has 2 aromatic rings. The van der Waals surface area contributed by atoms with E-state index in [1.165, 1.54) is 12.4 Å². The van der Waals surface area contributed by atoms with Gasteiger partial charge in [-0.15, -0.1) is 0 Å². The zero-order chi connectivity index (χ0) is 15.5. The van der Waals surface area contributed by atoms with E-state index in [2.05, 4.69) is 26.4 Å². The van der Waals surface area contributed by atoms with Crippen LogP contribution in [0, 0.1) is 0 Å². The average molecular weight is 300 g/mol. The summed E-state index contributed by atoms with van der Waals surface area (Å²) in [5.74, 6) is 1.10. The SMILES string of the molecule is CCc1nccn1[C@@H]1CCCN(C(=O)c2nccnc2N)C1. The molecule has 1 fully saturated rings. The summed E-state index contributed by atoms with van der Waals surface area (Å²) in [7, 11) is 0. The first-order valence-electron chi connectivity index (χ1n) is 7.58. The summed E-state index contributed by atoms with van der Waals surface area (Å²) in [5.41, 5.74) is 6.01. The standard InChI is InChI=1S/C15H20N6O/c1-2-12-17-7-9-21(12)11-4-3-8-20(10-11)15(22)13-14(16)19-6-5-18-13/h5-7,9,11H,2-4,8,10H2,1H3,(H2,16,19)/t11-/m1/s1. The van der Waals surface area contributed by atoms with Gasteiger partial charge >= 0.3 is 0 Å². The molecule has 7 heteroatoms. The van der Waals surface area contributed by atoms with Gasteiger partial charge in [-0.1, -0.05) is 6.92 Å².